The minimum absolute atomic E-state index is 0.184. The lowest BCUT2D eigenvalue weighted by molar-refractivity contribution is -0.146. The number of aliphatic carboxylic acids is 1. The van der Waals surface area contributed by atoms with Gasteiger partial charge in [0.1, 0.15) is 11.7 Å². The number of carbonyl (C=O) groups excluding carboxylic acids is 1. The number of amides is 1. The number of carbonyl (C=O) groups is 2. The Bertz CT molecular complexity index is 393. The first-order valence-corrected chi connectivity index (χ1v) is 4.50. The number of hydrogen-bond donors (Lipinski definition) is 1. The lowest BCUT2D eigenvalue weighted by atomic mass is 10.0. The second-order valence-corrected chi connectivity index (χ2v) is 3.23. The second kappa shape index (κ2) is 3.64. The molecular weight excluding hydrogens is 198 g/mol. The van der Waals surface area contributed by atoms with Gasteiger partial charge in [-0.15, -0.1) is 0 Å². The fourth-order valence-electron chi connectivity index (χ4n) is 1.44. The van der Waals surface area contributed by atoms with Gasteiger partial charge in [0.15, 0.2) is 0 Å². The van der Waals surface area contributed by atoms with E-state index in [2.05, 4.69) is 9.97 Å². The van der Waals surface area contributed by atoms with E-state index in [9.17, 15) is 9.59 Å². The summed E-state index contributed by atoms with van der Waals surface area (Å²) >= 11 is 0. The normalized spacial score (nSPS) is 19.5. The average molecular weight is 207 g/mol. The molecule has 0 aromatic carbocycles. The van der Waals surface area contributed by atoms with E-state index in [0.717, 1.165) is 0 Å². The minimum Gasteiger partial charge on any atom is -0.480 e. The minimum atomic E-state index is -0.974. The molecule has 6 nitrogen and oxygen atoms in total. The van der Waals surface area contributed by atoms with E-state index in [1.165, 1.54) is 23.5 Å². The van der Waals surface area contributed by atoms with Crippen LogP contribution >= 0.6 is 0 Å². The summed E-state index contributed by atoms with van der Waals surface area (Å²) in [6, 6.07) is -0.709. The first kappa shape index (κ1) is 9.57. The average Bonchev–Trinajstić information content (AvgIpc) is 2.16. The van der Waals surface area contributed by atoms with Crippen molar-refractivity contribution in [1.29, 1.82) is 0 Å². The smallest absolute Gasteiger partial charge is 0.326 e. The van der Waals surface area contributed by atoms with Gasteiger partial charge < -0.3 is 10.0 Å². The Balaban J connectivity index is 2.13. The zero-order valence-corrected chi connectivity index (χ0v) is 7.83. The molecule has 1 aromatic heterocycles. The molecule has 2 heterocycles. The van der Waals surface area contributed by atoms with Crippen molar-refractivity contribution in [3.05, 3.63) is 24.3 Å². The van der Waals surface area contributed by atoms with Gasteiger partial charge in [0.2, 0.25) is 0 Å². The molecule has 0 spiro atoms. The molecule has 1 aliphatic rings. The number of nitrogens with zero attached hydrogens (tertiary/aromatic N) is 3. The molecule has 6 heteroatoms. The van der Waals surface area contributed by atoms with Gasteiger partial charge in [-0.2, -0.15) is 0 Å². The Morgan fingerprint density at radius 1 is 1.47 bits per heavy atom. The van der Waals surface area contributed by atoms with Gasteiger partial charge in [0, 0.05) is 18.9 Å². The fourth-order valence-corrected chi connectivity index (χ4v) is 1.44. The Labute approximate surface area is 85.6 Å². The van der Waals surface area contributed by atoms with Gasteiger partial charge >= 0.3 is 5.97 Å². The predicted molar refractivity (Wildman–Crippen MR) is 49.1 cm³/mol. The quantitative estimate of drug-likeness (QED) is 0.724. The van der Waals surface area contributed by atoms with E-state index < -0.39 is 12.0 Å². The van der Waals surface area contributed by atoms with Crippen LogP contribution in [-0.4, -0.2) is 44.4 Å². The van der Waals surface area contributed by atoms with Crippen molar-refractivity contribution in [2.45, 2.75) is 12.5 Å². The highest BCUT2D eigenvalue weighted by molar-refractivity contribution is 5.95. The van der Waals surface area contributed by atoms with Crippen molar-refractivity contribution in [3.8, 4) is 0 Å². The summed E-state index contributed by atoms with van der Waals surface area (Å²) < 4.78 is 0. The third-order valence-electron chi connectivity index (χ3n) is 2.35. The predicted octanol–water partition coefficient (Wildman–Crippen LogP) is -0.224. The van der Waals surface area contributed by atoms with Crippen molar-refractivity contribution >= 4 is 11.9 Å². The van der Waals surface area contributed by atoms with Crippen LogP contribution in [0, 0.1) is 0 Å². The first-order chi connectivity index (χ1) is 7.20. The van der Waals surface area contributed by atoms with Gasteiger partial charge in [0.25, 0.3) is 5.91 Å². The molecule has 1 atom stereocenters. The van der Waals surface area contributed by atoms with Crippen LogP contribution in [0.25, 0.3) is 0 Å². The SMILES string of the molecule is O=C(O)C1CCN1C(=O)c1cnccn1. The van der Waals surface area contributed by atoms with Crippen LogP contribution in [0.5, 0.6) is 0 Å². The van der Waals surface area contributed by atoms with Crippen LogP contribution in [0.15, 0.2) is 18.6 Å². The molecule has 1 aliphatic heterocycles. The van der Waals surface area contributed by atoms with Gasteiger partial charge in [-0.25, -0.2) is 9.78 Å². The molecule has 1 fully saturated rings. The number of carboxylic acids is 1. The maximum absolute atomic E-state index is 11.7. The molecule has 1 amide bonds. The summed E-state index contributed by atoms with van der Waals surface area (Å²) in [6.45, 7) is 0.465. The van der Waals surface area contributed by atoms with E-state index >= 15 is 0 Å². The maximum Gasteiger partial charge on any atom is 0.326 e. The Morgan fingerprint density at radius 3 is 2.73 bits per heavy atom. The molecule has 0 aliphatic carbocycles. The van der Waals surface area contributed by atoms with Crippen LogP contribution < -0.4 is 0 Å². The van der Waals surface area contributed by atoms with Crippen LogP contribution in [0.4, 0.5) is 0 Å². The number of likely N-dealkylation sites (tertiary alicyclic amines) is 1. The lowest BCUT2D eigenvalue weighted by Crippen LogP contribution is -2.55. The number of rotatable bonds is 2. The lowest BCUT2D eigenvalue weighted by Gasteiger charge is -2.37. The molecule has 0 bridgehead atoms. The standard InChI is InChI=1S/C9H9N3O3/c13-8(6-5-10-2-3-11-6)12-4-1-7(12)9(14)15/h2-3,5,7H,1,4H2,(H,14,15). The largest absolute Gasteiger partial charge is 0.480 e. The van der Waals surface area contributed by atoms with E-state index in [1.54, 1.807) is 0 Å². The van der Waals surface area contributed by atoms with Gasteiger partial charge in [-0.1, -0.05) is 0 Å². The van der Waals surface area contributed by atoms with Gasteiger partial charge in [-0.05, 0) is 6.42 Å². The van der Waals surface area contributed by atoms with Crippen molar-refractivity contribution < 1.29 is 14.7 Å². The van der Waals surface area contributed by atoms with Crippen molar-refractivity contribution in [2.24, 2.45) is 0 Å². The third kappa shape index (κ3) is 1.65. The van der Waals surface area contributed by atoms with Crippen LogP contribution in [0.2, 0.25) is 0 Å². The van der Waals surface area contributed by atoms with E-state index in [1.807, 2.05) is 0 Å². The third-order valence-corrected chi connectivity index (χ3v) is 2.35. The molecule has 15 heavy (non-hydrogen) atoms. The van der Waals surface area contributed by atoms with Gasteiger partial charge in [-0.3, -0.25) is 9.78 Å². The van der Waals surface area contributed by atoms with E-state index in [4.69, 9.17) is 5.11 Å². The monoisotopic (exact) mass is 207 g/mol. The van der Waals surface area contributed by atoms with Crippen LogP contribution in [-0.2, 0) is 4.79 Å². The molecule has 0 saturated carbocycles. The molecule has 1 N–H and O–H groups in total. The van der Waals surface area contributed by atoms with Crippen LogP contribution in [0.3, 0.4) is 0 Å². The zero-order chi connectivity index (χ0) is 10.8. The summed E-state index contributed by atoms with van der Waals surface area (Å²) in [5, 5.41) is 8.77. The summed E-state index contributed by atoms with van der Waals surface area (Å²) in [4.78, 5) is 31.3. The molecule has 1 saturated heterocycles. The first-order valence-electron chi connectivity index (χ1n) is 4.50. The molecule has 1 aromatic rings. The molecule has 0 radical (unpaired) electrons. The highest BCUT2D eigenvalue weighted by Crippen LogP contribution is 2.19. The van der Waals surface area contributed by atoms with Crippen LogP contribution in [0.1, 0.15) is 16.9 Å². The van der Waals surface area contributed by atoms with Crippen molar-refractivity contribution in [1.82, 2.24) is 14.9 Å². The summed E-state index contributed by atoms with van der Waals surface area (Å²) in [5.41, 5.74) is 0.184. The number of carboxylic acid groups (broad SMARTS) is 1. The topological polar surface area (TPSA) is 83.4 Å². The Morgan fingerprint density at radius 2 is 2.27 bits per heavy atom. The maximum atomic E-state index is 11.7. The highest BCUT2D eigenvalue weighted by Gasteiger charge is 2.38. The zero-order valence-electron chi connectivity index (χ0n) is 7.83. The Kier molecular flexibility index (Phi) is 2.32. The Hall–Kier alpha value is -1.98. The van der Waals surface area contributed by atoms with Crippen molar-refractivity contribution in [2.75, 3.05) is 6.54 Å². The fraction of sp³-hybridized carbons (Fsp3) is 0.333. The summed E-state index contributed by atoms with van der Waals surface area (Å²) in [5.74, 6) is -1.35. The molecule has 1 unspecified atom stereocenters. The van der Waals surface area contributed by atoms with Gasteiger partial charge in [0.05, 0.1) is 6.20 Å². The summed E-state index contributed by atoms with van der Waals surface area (Å²) in [7, 11) is 0. The number of hydrogen-bond acceptors (Lipinski definition) is 4. The molecule has 78 valence electrons. The second-order valence-electron chi connectivity index (χ2n) is 3.23. The summed E-state index contributed by atoms with van der Waals surface area (Å²) in [6.07, 6.45) is 4.70. The van der Waals surface area contributed by atoms with E-state index in [-0.39, 0.29) is 11.6 Å². The van der Waals surface area contributed by atoms with E-state index in [0.29, 0.717) is 13.0 Å². The number of aromatic nitrogens is 2. The molecule has 2 rings (SSSR count). The highest BCUT2D eigenvalue weighted by atomic mass is 16.4. The molecular formula is C9H9N3O3. The van der Waals surface area contributed by atoms with Crippen molar-refractivity contribution in [3.63, 3.8) is 0 Å².